The number of rotatable bonds is 2. The Labute approximate surface area is 101 Å². The van der Waals surface area contributed by atoms with E-state index >= 15 is 0 Å². The maximum atomic E-state index is 12.3. The first-order valence-corrected chi connectivity index (χ1v) is 6.10. The fourth-order valence-corrected chi connectivity index (χ4v) is 2.27. The molecule has 0 radical (unpaired) electrons. The van der Waals surface area contributed by atoms with E-state index in [1.165, 1.54) is 12.6 Å². The van der Waals surface area contributed by atoms with Crippen molar-refractivity contribution in [2.45, 2.75) is 31.7 Å². The molecule has 1 aliphatic heterocycles. The van der Waals surface area contributed by atoms with Gasteiger partial charge in [0.05, 0.1) is 18.0 Å². The Hall–Kier alpha value is -1.49. The van der Waals surface area contributed by atoms with Gasteiger partial charge in [-0.05, 0) is 18.9 Å². The number of amides is 1. The fourth-order valence-electron chi connectivity index (χ4n) is 2.27. The van der Waals surface area contributed by atoms with E-state index in [9.17, 15) is 4.79 Å². The van der Waals surface area contributed by atoms with Crippen molar-refractivity contribution in [2.24, 2.45) is 5.73 Å². The lowest BCUT2D eigenvalue weighted by Gasteiger charge is -2.29. The highest BCUT2D eigenvalue weighted by atomic mass is 16.2. The number of hydrogen-bond acceptors (Lipinski definition) is 4. The maximum Gasteiger partial charge on any atom is 0.255 e. The van der Waals surface area contributed by atoms with E-state index < -0.39 is 0 Å². The first-order chi connectivity index (χ1) is 8.33. The Morgan fingerprint density at radius 1 is 1.41 bits per heavy atom. The molecule has 1 aromatic heterocycles. The van der Waals surface area contributed by atoms with Crippen LogP contribution in [0.1, 0.15) is 36.0 Å². The van der Waals surface area contributed by atoms with Crippen LogP contribution in [-0.4, -0.2) is 40.1 Å². The van der Waals surface area contributed by atoms with Crippen molar-refractivity contribution < 1.29 is 4.79 Å². The molecular formula is C12H18N4O. The highest BCUT2D eigenvalue weighted by molar-refractivity contribution is 5.94. The van der Waals surface area contributed by atoms with Gasteiger partial charge in [-0.1, -0.05) is 12.8 Å². The Morgan fingerprint density at radius 2 is 2.29 bits per heavy atom. The van der Waals surface area contributed by atoms with Crippen LogP contribution in [0.3, 0.4) is 0 Å². The molecule has 1 amide bonds. The molecule has 2 rings (SSSR count). The summed E-state index contributed by atoms with van der Waals surface area (Å²) in [4.78, 5) is 14.2. The molecule has 2 N–H and O–H groups in total. The van der Waals surface area contributed by atoms with Gasteiger partial charge in [0.1, 0.15) is 0 Å². The van der Waals surface area contributed by atoms with E-state index in [4.69, 9.17) is 5.73 Å². The molecule has 5 heteroatoms. The van der Waals surface area contributed by atoms with Crippen molar-refractivity contribution in [3.63, 3.8) is 0 Å². The highest BCUT2D eigenvalue weighted by Crippen LogP contribution is 2.18. The minimum absolute atomic E-state index is 0.0252. The number of likely N-dealkylation sites (tertiary alicyclic amines) is 1. The predicted octanol–water partition coefficient (Wildman–Crippen LogP) is 0.820. The zero-order valence-electron chi connectivity index (χ0n) is 9.88. The normalized spacial score (nSPS) is 21.0. The molecule has 1 aromatic rings. The molecule has 2 heterocycles. The quantitative estimate of drug-likeness (QED) is 0.822. The molecule has 0 aliphatic carbocycles. The van der Waals surface area contributed by atoms with Gasteiger partial charge in [0, 0.05) is 19.1 Å². The molecule has 1 saturated heterocycles. The van der Waals surface area contributed by atoms with Gasteiger partial charge in [0.2, 0.25) is 0 Å². The van der Waals surface area contributed by atoms with Gasteiger partial charge >= 0.3 is 0 Å². The summed E-state index contributed by atoms with van der Waals surface area (Å²) in [7, 11) is 0. The van der Waals surface area contributed by atoms with Gasteiger partial charge in [0.25, 0.3) is 5.91 Å². The lowest BCUT2D eigenvalue weighted by atomic mass is 10.1. The average Bonchev–Trinajstić information content (AvgIpc) is 2.64. The highest BCUT2D eigenvalue weighted by Gasteiger charge is 2.25. The zero-order valence-corrected chi connectivity index (χ0v) is 9.88. The van der Waals surface area contributed by atoms with E-state index in [1.54, 1.807) is 12.3 Å². The Kier molecular flexibility index (Phi) is 4.03. The number of hydrogen-bond donors (Lipinski definition) is 1. The molecule has 17 heavy (non-hydrogen) atoms. The van der Waals surface area contributed by atoms with E-state index in [-0.39, 0.29) is 11.9 Å². The van der Waals surface area contributed by atoms with Crippen LogP contribution in [0.25, 0.3) is 0 Å². The summed E-state index contributed by atoms with van der Waals surface area (Å²) < 4.78 is 0. The Bertz CT molecular complexity index is 368. The summed E-state index contributed by atoms with van der Waals surface area (Å²) in [6.07, 6.45) is 7.44. The topological polar surface area (TPSA) is 72.1 Å². The number of aromatic nitrogens is 2. The van der Waals surface area contributed by atoms with Gasteiger partial charge in [-0.2, -0.15) is 10.2 Å². The first kappa shape index (κ1) is 12.0. The van der Waals surface area contributed by atoms with Crippen LogP contribution in [-0.2, 0) is 0 Å². The summed E-state index contributed by atoms with van der Waals surface area (Å²) in [5.74, 6) is 0.0252. The lowest BCUT2D eigenvalue weighted by Crippen LogP contribution is -2.44. The third kappa shape index (κ3) is 2.79. The van der Waals surface area contributed by atoms with Crippen LogP contribution in [0.15, 0.2) is 18.5 Å². The molecule has 1 fully saturated rings. The minimum atomic E-state index is 0.0252. The molecule has 0 aromatic carbocycles. The van der Waals surface area contributed by atoms with Crippen LogP contribution in [0.5, 0.6) is 0 Å². The van der Waals surface area contributed by atoms with Crippen molar-refractivity contribution in [1.82, 2.24) is 15.1 Å². The third-order valence-electron chi connectivity index (χ3n) is 3.24. The second kappa shape index (κ2) is 5.72. The van der Waals surface area contributed by atoms with Crippen LogP contribution < -0.4 is 5.73 Å². The fraction of sp³-hybridized carbons (Fsp3) is 0.583. The standard InChI is InChI=1S/C12H18N4O/c13-8-11-4-2-1-3-7-16(11)12(17)10-5-6-14-15-9-10/h5-6,9,11H,1-4,7-8,13H2. The van der Waals surface area contributed by atoms with Crippen LogP contribution in [0, 0.1) is 0 Å². The van der Waals surface area contributed by atoms with E-state index in [0.717, 1.165) is 25.8 Å². The number of nitrogens with two attached hydrogens (primary N) is 1. The largest absolute Gasteiger partial charge is 0.334 e. The van der Waals surface area contributed by atoms with Gasteiger partial charge in [-0.3, -0.25) is 4.79 Å². The molecule has 0 spiro atoms. The summed E-state index contributed by atoms with van der Waals surface area (Å²) in [6.45, 7) is 1.33. The first-order valence-electron chi connectivity index (χ1n) is 6.10. The van der Waals surface area contributed by atoms with E-state index in [2.05, 4.69) is 10.2 Å². The van der Waals surface area contributed by atoms with Crippen LogP contribution in [0.2, 0.25) is 0 Å². The van der Waals surface area contributed by atoms with Gasteiger partial charge in [0.15, 0.2) is 0 Å². The van der Waals surface area contributed by atoms with Crippen molar-refractivity contribution >= 4 is 5.91 Å². The van der Waals surface area contributed by atoms with E-state index in [0.29, 0.717) is 12.1 Å². The summed E-state index contributed by atoms with van der Waals surface area (Å²) in [6, 6.07) is 1.87. The van der Waals surface area contributed by atoms with E-state index in [1.807, 2.05) is 4.90 Å². The average molecular weight is 234 g/mol. The lowest BCUT2D eigenvalue weighted by molar-refractivity contribution is 0.0688. The smallest absolute Gasteiger partial charge is 0.255 e. The van der Waals surface area contributed by atoms with Crippen LogP contribution >= 0.6 is 0 Å². The Balaban J connectivity index is 2.16. The van der Waals surface area contributed by atoms with Crippen LogP contribution in [0.4, 0.5) is 0 Å². The van der Waals surface area contributed by atoms with Crippen molar-refractivity contribution in [1.29, 1.82) is 0 Å². The van der Waals surface area contributed by atoms with Gasteiger partial charge in [-0.25, -0.2) is 0 Å². The SMILES string of the molecule is NCC1CCCCCN1C(=O)c1ccnnc1. The minimum Gasteiger partial charge on any atom is -0.334 e. The summed E-state index contributed by atoms with van der Waals surface area (Å²) >= 11 is 0. The zero-order chi connectivity index (χ0) is 12.1. The molecule has 0 saturated carbocycles. The van der Waals surface area contributed by atoms with Gasteiger partial charge < -0.3 is 10.6 Å². The predicted molar refractivity (Wildman–Crippen MR) is 64.4 cm³/mol. The van der Waals surface area contributed by atoms with Crippen molar-refractivity contribution in [3.05, 3.63) is 24.0 Å². The molecule has 5 nitrogen and oxygen atoms in total. The summed E-state index contributed by atoms with van der Waals surface area (Å²) in [5.41, 5.74) is 6.35. The number of carbonyl (C=O) groups is 1. The Morgan fingerprint density at radius 3 is 3.00 bits per heavy atom. The molecular weight excluding hydrogens is 216 g/mol. The molecule has 0 bridgehead atoms. The molecule has 1 aliphatic rings. The molecule has 92 valence electrons. The van der Waals surface area contributed by atoms with Gasteiger partial charge in [-0.15, -0.1) is 0 Å². The second-order valence-electron chi connectivity index (χ2n) is 4.37. The van der Waals surface area contributed by atoms with Crippen molar-refractivity contribution in [2.75, 3.05) is 13.1 Å². The second-order valence-corrected chi connectivity index (χ2v) is 4.37. The maximum absolute atomic E-state index is 12.3. The molecule has 1 unspecified atom stereocenters. The summed E-state index contributed by atoms with van der Waals surface area (Å²) in [5, 5.41) is 7.43. The van der Waals surface area contributed by atoms with Crippen molar-refractivity contribution in [3.8, 4) is 0 Å². The third-order valence-corrected chi connectivity index (χ3v) is 3.24. The monoisotopic (exact) mass is 234 g/mol. The number of carbonyl (C=O) groups excluding carboxylic acids is 1. The number of nitrogens with zero attached hydrogens (tertiary/aromatic N) is 3. The molecule has 1 atom stereocenters.